The van der Waals surface area contributed by atoms with Gasteiger partial charge in [0.15, 0.2) is 0 Å². The second-order valence-corrected chi connectivity index (χ2v) is 5.25. The number of ether oxygens (including phenoxy) is 2. The van der Waals surface area contributed by atoms with Gasteiger partial charge in [0, 0.05) is 24.7 Å². The number of hydrogen-bond acceptors (Lipinski definition) is 5. The van der Waals surface area contributed by atoms with E-state index in [4.69, 9.17) is 15.2 Å². The van der Waals surface area contributed by atoms with Gasteiger partial charge in [0.25, 0.3) is 0 Å². The molecular weight excluding hydrogens is 254 g/mol. The van der Waals surface area contributed by atoms with Gasteiger partial charge in [-0.25, -0.2) is 0 Å². The molecule has 114 valence electrons. The Bertz CT molecular complexity index is 400. The van der Waals surface area contributed by atoms with Crippen molar-refractivity contribution in [3.8, 4) is 11.8 Å². The number of nitrogens with zero attached hydrogens (tertiary/aromatic N) is 2. The summed E-state index contributed by atoms with van der Waals surface area (Å²) in [5, 5.41) is 0. The molecule has 0 saturated heterocycles. The van der Waals surface area contributed by atoms with E-state index in [2.05, 4.69) is 37.6 Å². The van der Waals surface area contributed by atoms with Crippen molar-refractivity contribution in [3.63, 3.8) is 0 Å². The molecule has 1 rings (SSSR count). The first-order valence-electron chi connectivity index (χ1n) is 7.23. The van der Waals surface area contributed by atoms with Crippen molar-refractivity contribution >= 4 is 5.69 Å². The Morgan fingerprint density at radius 3 is 2.35 bits per heavy atom. The van der Waals surface area contributed by atoms with Gasteiger partial charge >= 0.3 is 0 Å². The Labute approximate surface area is 122 Å². The van der Waals surface area contributed by atoms with Crippen molar-refractivity contribution in [1.29, 1.82) is 0 Å². The largest absolute Gasteiger partial charge is 0.476 e. The smallest absolute Gasteiger partial charge is 0.240 e. The van der Waals surface area contributed by atoms with Crippen LogP contribution < -0.4 is 15.2 Å². The zero-order valence-corrected chi connectivity index (χ0v) is 13.2. The molecule has 0 aliphatic heterocycles. The lowest BCUT2D eigenvalue weighted by Crippen LogP contribution is -2.39. The minimum Gasteiger partial charge on any atom is -0.476 e. The molecule has 1 aromatic heterocycles. The third-order valence-corrected chi connectivity index (χ3v) is 3.07. The SMILES string of the molecule is CCOc1nc(OCCN(C(C)C)C(C)C)ccc1N. The van der Waals surface area contributed by atoms with Gasteiger partial charge in [-0.15, -0.1) is 0 Å². The molecule has 0 unspecified atom stereocenters. The van der Waals surface area contributed by atoms with Crippen LogP contribution in [0.25, 0.3) is 0 Å². The van der Waals surface area contributed by atoms with Crippen molar-refractivity contribution in [3.05, 3.63) is 12.1 Å². The first kappa shape index (κ1) is 16.6. The molecule has 0 bridgehead atoms. The molecular formula is C15H27N3O2. The normalized spacial score (nSPS) is 11.4. The summed E-state index contributed by atoms with van der Waals surface area (Å²) in [6, 6.07) is 4.53. The molecule has 2 N–H and O–H groups in total. The fourth-order valence-electron chi connectivity index (χ4n) is 2.14. The van der Waals surface area contributed by atoms with Crippen LogP contribution in [0, 0.1) is 0 Å². The fourth-order valence-corrected chi connectivity index (χ4v) is 2.14. The number of pyridine rings is 1. The third-order valence-electron chi connectivity index (χ3n) is 3.07. The summed E-state index contributed by atoms with van der Waals surface area (Å²) in [7, 11) is 0. The molecule has 0 amide bonds. The Morgan fingerprint density at radius 1 is 1.15 bits per heavy atom. The van der Waals surface area contributed by atoms with E-state index in [1.807, 2.05) is 6.92 Å². The first-order chi connectivity index (χ1) is 9.45. The van der Waals surface area contributed by atoms with Gasteiger partial charge in [0.1, 0.15) is 6.61 Å². The summed E-state index contributed by atoms with van der Waals surface area (Å²) in [6.45, 7) is 12.7. The number of hydrogen-bond donors (Lipinski definition) is 1. The number of nitrogens with two attached hydrogens (primary N) is 1. The summed E-state index contributed by atoms with van der Waals surface area (Å²) in [5.41, 5.74) is 6.31. The maximum Gasteiger partial charge on any atom is 0.240 e. The van der Waals surface area contributed by atoms with Gasteiger partial charge in [-0.1, -0.05) is 0 Å². The zero-order chi connectivity index (χ0) is 15.1. The van der Waals surface area contributed by atoms with E-state index in [0.717, 1.165) is 6.54 Å². The number of anilines is 1. The van der Waals surface area contributed by atoms with Crippen molar-refractivity contribution in [2.24, 2.45) is 0 Å². The summed E-state index contributed by atoms with van der Waals surface area (Å²) < 4.78 is 11.0. The number of aromatic nitrogens is 1. The van der Waals surface area contributed by atoms with E-state index in [0.29, 0.717) is 42.7 Å². The molecule has 0 atom stereocenters. The molecule has 0 aromatic carbocycles. The van der Waals surface area contributed by atoms with Crippen molar-refractivity contribution in [2.45, 2.75) is 46.7 Å². The maximum atomic E-state index is 5.78. The predicted octanol–water partition coefficient (Wildman–Crippen LogP) is 2.56. The second-order valence-electron chi connectivity index (χ2n) is 5.25. The van der Waals surface area contributed by atoms with E-state index >= 15 is 0 Å². The highest BCUT2D eigenvalue weighted by atomic mass is 16.5. The summed E-state index contributed by atoms with van der Waals surface area (Å²) >= 11 is 0. The summed E-state index contributed by atoms with van der Waals surface area (Å²) in [4.78, 5) is 6.64. The van der Waals surface area contributed by atoms with Gasteiger partial charge in [-0.3, -0.25) is 4.90 Å². The molecule has 20 heavy (non-hydrogen) atoms. The molecule has 5 nitrogen and oxygen atoms in total. The fraction of sp³-hybridized carbons (Fsp3) is 0.667. The lowest BCUT2D eigenvalue weighted by Gasteiger charge is -2.30. The van der Waals surface area contributed by atoms with Crippen LogP contribution in [0.2, 0.25) is 0 Å². The van der Waals surface area contributed by atoms with E-state index in [-0.39, 0.29) is 0 Å². The molecule has 0 fully saturated rings. The van der Waals surface area contributed by atoms with Crippen LogP contribution in [0.3, 0.4) is 0 Å². The van der Waals surface area contributed by atoms with Crippen LogP contribution in [0.15, 0.2) is 12.1 Å². The Kier molecular flexibility index (Phi) is 6.58. The Morgan fingerprint density at radius 2 is 1.80 bits per heavy atom. The number of rotatable bonds is 8. The molecule has 1 heterocycles. The Balaban J connectivity index is 2.55. The Hall–Kier alpha value is -1.49. The van der Waals surface area contributed by atoms with Crippen LogP contribution in [0.5, 0.6) is 11.8 Å². The summed E-state index contributed by atoms with van der Waals surface area (Å²) in [5.74, 6) is 0.990. The van der Waals surface area contributed by atoms with Gasteiger partial charge in [0.05, 0.1) is 12.3 Å². The molecule has 0 aliphatic rings. The maximum absolute atomic E-state index is 5.78. The van der Waals surface area contributed by atoms with Crippen LogP contribution in [0.4, 0.5) is 5.69 Å². The van der Waals surface area contributed by atoms with Crippen LogP contribution in [0.1, 0.15) is 34.6 Å². The number of nitrogen functional groups attached to an aromatic ring is 1. The van der Waals surface area contributed by atoms with Crippen LogP contribution in [-0.2, 0) is 0 Å². The lowest BCUT2D eigenvalue weighted by molar-refractivity contribution is 0.139. The average molecular weight is 281 g/mol. The van der Waals surface area contributed by atoms with Gasteiger partial charge < -0.3 is 15.2 Å². The van der Waals surface area contributed by atoms with Crippen LogP contribution in [-0.4, -0.2) is 41.7 Å². The van der Waals surface area contributed by atoms with Gasteiger partial charge in [-0.05, 0) is 40.7 Å². The standard InChI is InChI=1S/C15H27N3O2/c1-6-19-15-13(16)7-8-14(17-15)20-10-9-18(11(2)3)12(4)5/h7-8,11-12H,6,9-10,16H2,1-5H3. The van der Waals surface area contributed by atoms with Crippen LogP contribution >= 0.6 is 0 Å². The minimum atomic E-state index is 0.439. The second kappa shape index (κ2) is 7.94. The van der Waals surface area contributed by atoms with Crippen molar-refractivity contribution in [2.75, 3.05) is 25.5 Å². The molecule has 5 heteroatoms. The highest BCUT2D eigenvalue weighted by molar-refractivity contribution is 5.49. The minimum absolute atomic E-state index is 0.439. The molecule has 0 aliphatic carbocycles. The zero-order valence-electron chi connectivity index (χ0n) is 13.2. The van der Waals surface area contributed by atoms with E-state index in [9.17, 15) is 0 Å². The topological polar surface area (TPSA) is 60.6 Å². The van der Waals surface area contributed by atoms with Gasteiger partial charge in [-0.2, -0.15) is 4.98 Å². The third kappa shape index (κ3) is 4.89. The van der Waals surface area contributed by atoms with E-state index in [1.165, 1.54) is 0 Å². The quantitative estimate of drug-likeness (QED) is 0.793. The van der Waals surface area contributed by atoms with E-state index in [1.54, 1.807) is 12.1 Å². The molecule has 0 saturated carbocycles. The van der Waals surface area contributed by atoms with Crippen molar-refractivity contribution in [1.82, 2.24) is 9.88 Å². The molecule has 0 radical (unpaired) electrons. The lowest BCUT2D eigenvalue weighted by atomic mass is 10.2. The highest BCUT2D eigenvalue weighted by Gasteiger charge is 2.13. The molecule has 1 aromatic rings. The van der Waals surface area contributed by atoms with Gasteiger partial charge in [0.2, 0.25) is 11.8 Å². The highest BCUT2D eigenvalue weighted by Crippen LogP contribution is 2.22. The van der Waals surface area contributed by atoms with E-state index < -0.39 is 0 Å². The predicted molar refractivity (Wildman–Crippen MR) is 82.3 cm³/mol. The summed E-state index contributed by atoms with van der Waals surface area (Å²) in [6.07, 6.45) is 0. The first-order valence-corrected chi connectivity index (χ1v) is 7.23. The average Bonchev–Trinajstić information content (AvgIpc) is 2.37. The van der Waals surface area contributed by atoms with Crippen molar-refractivity contribution < 1.29 is 9.47 Å². The molecule has 0 spiro atoms. The monoisotopic (exact) mass is 281 g/mol.